The molecular weight excluding hydrogens is 370 g/mol. The molecule has 1 aliphatic heterocycles. The molecule has 0 aliphatic carbocycles. The molecule has 25 heavy (non-hydrogen) atoms. The molecule has 0 spiro atoms. The number of amides is 1. The maximum Gasteiger partial charge on any atom is 0.342 e. The topological polar surface area (TPSA) is 113 Å². The highest BCUT2D eigenvalue weighted by atomic mass is 35.5. The average Bonchev–Trinajstić information content (AvgIpc) is 2.53. The summed E-state index contributed by atoms with van der Waals surface area (Å²) in [5.41, 5.74) is 0.00836. The predicted molar refractivity (Wildman–Crippen MR) is 93.6 cm³/mol. The molecule has 0 aromatic heterocycles. The van der Waals surface area contributed by atoms with E-state index in [0.29, 0.717) is 17.7 Å². The monoisotopic (exact) mass is 387 g/mol. The van der Waals surface area contributed by atoms with Crippen molar-refractivity contribution in [3.05, 3.63) is 27.8 Å². The number of benzene rings is 1. The molecule has 1 aromatic rings. The zero-order chi connectivity index (χ0) is 18.7. The number of carbonyl (C=O) groups is 3. The van der Waals surface area contributed by atoms with E-state index in [1.165, 1.54) is 17.8 Å². The first kappa shape index (κ1) is 19.4. The van der Waals surface area contributed by atoms with E-state index in [0.717, 1.165) is 0 Å². The summed E-state index contributed by atoms with van der Waals surface area (Å²) in [6, 6.07) is 0.130. The first-order chi connectivity index (χ1) is 11.8. The third-order valence-corrected chi connectivity index (χ3v) is 4.80. The number of cyclic esters (lactones) is 1. The summed E-state index contributed by atoms with van der Waals surface area (Å²) in [6.07, 6.45) is 1.98. The molecule has 1 aliphatic rings. The van der Waals surface area contributed by atoms with Crippen LogP contribution in [-0.2, 0) is 16.0 Å². The number of halogens is 1. The second kappa shape index (κ2) is 7.97. The molecule has 1 unspecified atom stereocenters. The van der Waals surface area contributed by atoms with Gasteiger partial charge in [0.2, 0.25) is 0 Å². The van der Waals surface area contributed by atoms with Gasteiger partial charge in [0.05, 0.1) is 5.56 Å². The molecule has 1 heterocycles. The average molecular weight is 388 g/mol. The smallest absolute Gasteiger partial charge is 0.342 e. The largest absolute Gasteiger partial charge is 0.506 e. The van der Waals surface area contributed by atoms with E-state index in [1.807, 2.05) is 6.26 Å². The van der Waals surface area contributed by atoms with Gasteiger partial charge in [-0.15, -0.1) is 0 Å². The molecule has 7 nitrogen and oxygen atoms in total. The number of esters is 1. The number of phenols is 1. The minimum Gasteiger partial charge on any atom is -0.506 e. The van der Waals surface area contributed by atoms with Gasteiger partial charge in [0.1, 0.15) is 23.5 Å². The van der Waals surface area contributed by atoms with Gasteiger partial charge in [0.15, 0.2) is 0 Å². The third kappa shape index (κ3) is 4.19. The van der Waals surface area contributed by atoms with Crippen molar-refractivity contribution in [2.24, 2.45) is 0 Å². The van der Waals surface area contributed by atoms with Crippen LogP contribution in [0.2, 0.25) is 5.02 Å². The fraction of sp³-hybridized carbons (Fsp3) is 0.438. The molecule has 2 rings (SSSR count). The number of thioether (sulfide) groups is 1. The molecule has 1 amide bonds. The zero-order valence-electron chi connectivity index (χ0n) is 13.7. The van der Waals surface area contributed by atoms with Crippen LogP contribution < -0.4 is 5.32 Å². The van der Waals surface area contributed by atoms with E-state index in [1.54, 1.807) is 6.92 Å². The molecule has 0 bridgehead atoms. The van der Waals surface area contributed by atoms with Gasteiger partial charge in [-0.2, -0.15) is 11.8 Å². The van der Waals surface area contributed by atoms with Gasteiger partial charge >= 0.3 is 11.9 Å². The lowest BCUT2D eigenvalue weighted by Gasteiger charge is -2.24. The van der Waals surface area contributed by atoms with E-state index < -0.39 is 29.6 Å². The summed E-state index contributed by atoms with van der Waals surface area (Å²) in [6.45, 7) is 1.69. The lowest BCUT2D eigenvalue weighted by molar-refractivity contribution is -0.139. The van der Waals surface area contributed by atoms with Gasteiger partial charge < -0.3 is 20.3 Å². The quantitative estimate of drug-likeness (QED) is 0.640. The van der Waals surface area contributed by atoms with Crippen molar-refractivity contribution in [3.63, 3.8) is 0 Å². The Morgan fingerprint density at radius 3 is 2.80 bits per heavy atom. The van der Waals surface area contributed by atoms with Crippen molar-refractivity contribution in [1.29, 1.82) is 0 Å². The Balaban J connectivity index is 2.35. The van der Waals surface area contributed by atoms with Crippen molar-refractivity contribution >= 4 is 41.2 Å². The number of rotatable bonds is 6. The summed E-state index contributed by atoms with van der Waals surface area (Å²) >= 11 is 7.61. The molecule has 1 aromatic carbocycles. The Morgan fingerprint density at radius 1 is 1.52 bits per heavy atom. The maximum absolute atomic E-state index is 12.4. The van der Waals surface area contributed by atoms with Crippen molar-refractivity contribution in [1.82, 2.24) is 5.32 Å². The fourth-order valence-electron chi connectivity index (χ4n) is 2.57. The first-order valence-corrected chi connectivity index (χ1v) is 9.31. The lowest BCUT2D eigenvalue weighted by Crippen LogP contribution is -2.41. The number of ether oxygens (including phenoxy) is 1. The van der Waals surface area contributed by atoms with Crippen LogP contribution in [0, 0.1) is 0 Å². The number of carboxylic acids is 1. The summed E-state index contributed by atoms with van der Waals surface area (Å²) in [5.74, 6) is -2.78. The first-order valence-electron chi connectivity index (χ1n) is 7.54. The van der Waals surface area contributed by atoms with Crippen LogP contribution in [0.25, 0.3) is 0 Å². The Labute approximate surface area is 153 Å². The minimum atomic E-state index is -1.18. The second-order valence-corrected chi connectivity index (χ2v) is 7.07. The molecule has 9 heteroatoms. The number of fused-ring (bicyclic) bond motifs is 1. The van der Waals surface area contributed by atoms with Crippen molar-refractivity contribution in [2.45, 2.75) is 31.9 Å². The van der Waals surface area contributed by atoms with Crippen molar-refractivity contribution in [3.8, 4) is 5.75 Å². The highest BCUT2D eigenvalue weighted by molar-refractivity contribution is 7.98. The van der Waals surface area contributed by atoms with Crippen LogP contribution in [0.1, 0.15) is 39.6 Å². The highest BCUT2D eigenvalue weighted by Crippen LogP contribution is 2.36. The van der Waals surface area contributed by atoms with Gasteiger partial charge in [0.25, 0.3) is 5.91 Å². The van der Waals surface area contributed by atoms with E-state index in [2.05, 4.69) is 5.32 Å². The minimum absolute atomic E-state index is 0.147. The molecule has 2 atom stereocenters. The van der Waals surface area contributed by atoms with Gasteiger partial charge in [-0.05, 0) is 37.0 Å². The molecular formula is C16H18ClNO6S. The van der Waals surface area contributed by atoms with Crippen LogP contribution in [0.4, 0.5) is 0 Å². The van der Waals surface area contributed by atoms with Crippen LogP contribution in [-0.4, -0.2) is 52.2 Å². The summed E-state index contributed by atoms with van der Waals surface area (Å²) in [4.78, 5) is 35.7. The maximum atomic E-state index is 12.4. The Morgan fingerprint density at radius 2 is 2.20 bits per heavy atom. The number of aromatic hydroxyl groups is 1. The Kier molecular flexibility index (Phi) is 6.18. The third-order valence-electron chi connectivity index (χ3n) is 3.82. The van der Waals surface area contributed by atoms with E-state index in [-0.39, 0.29) is 28.7 Å². The molecule has 3 N–H and O–H groups in total. The molecule has 0 saturated carbocycles. The van der Waals surface area contributed by atoms with Crippen LogP contribution in [0.3, 0.4) is 0 Å². The number of carboxylic acid groups (broad SMARTS) is 1. The van der Waals surface area contributed by atoms with Gasteiger partial charge in [-0.3, -0.25) is 4.79 Å². The molecule has 0 fully saturated rings. The summed E-state index contributed by atoms with van der Waals surface area (Å²) in [7, 11) is 0. The fourth-order valence-corrected chi connectivity index (χ4v) is 3.32. The molecule has 0 saturated heterocycles. The van der Waals surface area contributed by atoms with Crippen LogP contribution in [0.15, 0.2) is 6.07 Å². The number of carbonyl (C=O) groups excluding carboxylic acids is 2. The van der Waals surface area contributed by atoms with E-state index >= 15 is 0 Å². The van der Waals surface area contributed by atoms with Crippen LogP contribution in [0.5, 0.6) is 5.75 Å². The number of nitrogens with one attached hydrogen (secondary N) is 1. The summed E-state index contributed by atoms with van der Waals surface area (Å²) < 4.78 is 5.07. The lowest BCUT2D eigenvalue weighted by atomic mass is 9.95. The van der Waals surface area contributed by atoms with E-state index in [9.17, 15) is 24.6 Å². The molecule has 0 radical (unpaired) electrons. The highest BCUT2D eigenvalue weighted by Gasteiger charge is 2.32. The van der Waals surface area contributed by atoms with Crippen molar-refractivity contribution < 1.29 is 29.3 Å². The second-order valence-electron chi connectivity index (χ2n) is 5.67. The van der Waals surface area contributed by atoms with Gasteiger partial charge in [-0.1, -0.05) is 11.6 Å². The van der Waals surface area contributed by atoms with E-state index in [4.69, 9.17) is 16.3 Å². The number of aliphatic carboxylic acids is 1. The van der Waals surface area contributed by atoms with Crippen molar-refractivity contribution in [2.75, 3.05) is 12.0 Å². The number of hydrogen-bond donors (Lipinski definition) is 3. The predicted octanol–water partition coefficient (Wildman–Crippen LogP) is 2.08. The Hall–Kier alpha value is -1.93. The Bertz CT molecular complexity index is 723. The SMILES string of the molecule is CSCC[C@H](NC(=O)c1cc(Cl)c2c(c1O)C(=O)OC(C)C2)C(=O)O. The molecule has 136 valence electrons. The van der Waals surface area contributed by atoms with Gasteiger partial charge in [-0.25, -0.2) is 9.59 Å². The standard InChI is InChI=1S/C16H18ClNO6S/c1-7-5-8-10(17)6-9(13(19)12(8)16(23)24-7)14(20)18-11(15(21)22)3-4-25-2/h6-7,11,19H,3-5H2,1-2H3,(H,18,20)(H,21,22)/t7?,11-/m0/s1. The number of phenolic OH excluding ortho intramolecular Hbond substituents is 1. The van der Waals surface area contributed by atoms with Crippen LogP contribution >= 0.6 is 23.4 Å². The normalized spacial score (nSPS) is 17.4. The summed E-state index contributed by atoms with van der Waals surface area (Å²) in [5, 5.41) is 22.0. The zero-order valence-corrected chi connectivity index (χ0v) is 15.2. The van der Waals surface area contributed by atoms with Gasteiger partial charge in [0, 0.05) is 11.4 Å². The number of hydrogen-bond acceptors (Lipinski definition) is 6.